The lowest BCUT2D eigenvalue weighted by atomic mass is 10.0. The van der Waals surface area contributed by atoms with Gasteiger partial charge in [-0.2, -0.15) is 0 Å². The predicted molar refractivity (Wildman–Crippen MR) is 198 cm³/mol. The molecule has 0 heterocycles. The Labute approximate surface area is 282 Å². The number of amides is 1. The van der Waals surface area contributed by atoms with Crippen LogP contribution in [0, 0.1) is 0 Å². The summed E-state index contributed by atoms with van der Waals surface area (Å²) >= 11 is 0. The van der Waals surface area contributed by atoms with E-state index in [9.17, 15) is 15.0 Å². The lowest BCUT2D eigenvalue weighted by molar-refractivity contribution is -0.123. The minimum Gasteiger partial charge on any atom is -0.394 e. The molecule has 45 heavy (non-hydrogen) atoms. The van der Waals surface area contributed by atoms with Crippen LogP contribution in [0.25, 0.3) is 0 Å². The molecule has 1 unspecified atom stereocenters. The smallest absolute Gasteiger partial charge is 0.220 e. The molecule has 4 nitrogen and oxygen atoms in total. The van der Waals surface area contributed by atoms with Crippen LogP contribution in [-0.4, -0.2) is 34.9 Å². The number of allylic oxidation sites excluding steroid dienone is 2. The number of unbranched alkanes of at least 4 members (excludes halogenated alkanes) is 28. The van der Waals surface area contributed by atoms with Crippen molar-refractivity contribution < 1.29 is 15.0 Å². The first-order valence-corrected chi connectivity index (χ1v) is 20.4. The Hall–Kier alpha value is -0.870. The number of carbonyl (C=O) groups excluding carboxylic acids is 1. The Bertz CT molecular complexity index is 608. The standard InChI is InChI=1S/C41H81NO3/c1-3-5-7-9-11-13-15-17-18-19-20-21-22-23-24-25-27-29-31-33-35-37-41(45)42-39(38-43)40(44)36-34-32-30-28-26-16-14-12-10-8-6-4-2/h17-18,39-40,43-44H,3-16,19-38H2,1-2H3,(H,42,45)/b18-17-/t39-,40?/m0/s1. The lowest BCUT2D eigenvalue weighted by Crippen LogP contribution is -2.45. The molecule has 0 spiro atoms. The van der Waals surface area contributed by atoms with E-state index in [4.69, 9.17) is 0 Å². The maximum Gasteiger partial charge on any atom is 0.220 e. The van der Waals surface area contributed by atoms with Crippen molar-refractivity contribution >= 4 is 5.91 Å². The van der Waals surface area contributed by atoms with Crippen LogP contribution in [0.15, 0.2) is 12.2 Å². The summed E-state index contributed by atoms with van der Waals surface area (Å²) in [6.45, 7) is 4.35. The Morgan fingerprint density at radius 2 is 0.844 bits per heavy atom. The SMILES string of the molecule is CCCCCCCC/C=C\CCCCCCCCCCCCCC(=O)N[C@@H](CO)C(O)CCCCCCCCCCCCCC. The van der Waals surface area contributed by atoms with Gasteiger partial charge in [-0.15, -0.1) is 0 Å². The highest BCUT2D eigenvalue weighted by molar-refractivity contribution is 5.76. The van der Waals surface area contributed by atoms with Gasteiger partial charge in [0.2, 0.25) is 5.91 Å². The summed E-state index contributed by atoms with van der Waals surface area (Å²) in [6, 6.07) is -0.531. The molecule has 1 amide bonds. The van der Waals surface area contributed by atoms with E-state index >= 15 is 0 Å². The molecule has 0 bridgehead atoms. The van der Waals surface area contributed by atoms with Gasteiger partial charge in [0.05, 0.1) is 18.8 Å². The molecule has 0 aromatic carbocycles. The van der Waals surface area contributed by atoms with Crippen LogP contribution in [0.4, 0.5) is 0 Å². The van der Waals surface area contributed by atoms with Gasteiger partial charge in [0.15, 0.2) is 0 Å². The van der Waals surface area contributed by atoms with Crippen LogP contribution in [0.3, 0.4) is 0 Å². The van der Waals surface area contributed by atoms with Crippen LogP contribution >= 0.6 is 0 Å². The van der Waals surface area contributed by atoms with Crippen molar-refractivity contribution in [2.45, 2.75) is 238 Å². The minimum absolute atomic E-state index is 0.0314. The van der Waals surface area contributed by atoms with Crippen LogP contribution in [0.2, 0.25) is 0 Å². The summed E-state index contributed by atoms with van der Waals surface area (Å²) < 4.78 is 0. The van der Waals surface area contributed by atoms with E-state index in [0.717, 1.165) is 25.7 Å². The van der Waals surface area contributed by atoms with E-state index in [0.29, 0.717) is 12.8 Å². The van der Waals surface area contributed by atoms with Gasteiger partial charge in [0, 0.05) is 6.42 Å². The van der Waals surface area contributed by atoms with Gasteiger partial charge < -0.3 is 15.5 Å². The van der Waals surface area contributed by atoms with Crippen molar-refractivity contribution in [3.63, 3.8) is 0 Å². The fourth-order valence-corrected chi connectivity index (χ4v) is 6.36. The Balaban J connectivity index is 3.49. The highest BCUT2D eigenvalue weighted by Gasteiger charge is 2.19. The maximum atomic E-state index is 12.4. The molecular weight excluding hydrogens is 554 g/mol. The lowest BCUT2D eigenvalue weighted by Gasteiger charge is -2.22. The average molecular weight is 636 g/mol. The molecule has 0 aromatic rings. The first kappa shape index (κ1) is 44.1. The first-order valence-electron chi connectivity index (χ1n) is 20.4. The molecule has 4 heteroatoms. The predicted octanol–water partition coefficient (Wildman–Crippen LogP) is 12.3. The van der Waals surface area contributed by atoms with Gasteiger partial charge in [0.1, 0.15) is 0 Å². The Morgan fingerprint density at radius 3 is 1.22 bits per heavy atom. The molecule has 0 aliphatic carbocycles. The number of hydrogen-bond donors (Lipinski definition) is 3. The minimum atomic E-state index is -0.654. The van der Waals surface area contributed by atoms with Crippen LogP contribution in [0.1, 0.15) is 226 Å². The molecule has 0 radical (unpaired) electrons. The molecular formula is C41H81NO3. The third kappa shape index (κ3) is 34.3. The third-order valence-corrected chi connectivity index (χ3v) is 9.53. The number of rotatable bonds is 37. The number of aliphatic hydroxyl groups is 2. The van der Waals surface area contributed by atoms with E-state index in [2.05, 4.69) is 31.3 Å². The van der Waals surface area contributed by atoms with Gasteiger partial charge in [0.25, 0.3) is 0 Å². The summed E-state index contributed by atoms with van der Waals surface area (Å²) in [6.07, 6.45) is 45.6. The van der Waals surface area contributed by atoms with Gasteiger partial charge in [-0.25, -0.2) is 0 Å². The molecule has 0 aliphatic rings. The van der Waals surface area contributed by atoms with Crippen LogP contribution < -0.4 is 5.32 Å². The zero-order valence-corrected chi connectivity index (χ0v) is 30.7. The van der Waals surface area contributed by atoms with Crippen molar-refractivity contribution in [1.29, 1.82) is 0 Å². The zero-order chi connectivity index (χ0) is 32.9. The van der Waals surface area contributed by atoms with E-state index in [1.807, 2.05) is 0 Å². The van der Waals surface area contributed by atoms with Gasteiger partial charge in [-0.1, -0.05) is 193 Å². The average Bonchev–Trinajstić information content (AvgIpc) is 3.04. The summed E-state index contributed by atoms with van der Waals surface area (Å²) in [7, 11) is 0. The van der Waals surface area contributed by atoms with Gasteiger partial charge in [-0.3, -0.25) is 4.79 Å². The molecule has 0 rings (SSSR count). The van der Waals surface area contributed by atoms with E-state index in [1.54, 1.807) is 0 Å². The first-order chi connectivity index (χ1) is 22.2. The molecule has 3 N–H and O–H groups in total. The summed E-state index contributed by atoms with van der Waals surface area (Å²) in [5.41, 5.74) is 0. The third-order valence-electron chi connectivity index (χ3n) is 9.53. The monoisotopic (exact) mass is 636 g/mol. The summed E-state index contributed by atoms with van der Waals surface area (Å²) in [5.74, 6) is -0.0314. The normalized spacial score (nSPS) is 13.1. The van der Waals surface area contributed by atoms with Gasteiger partial charge in [-0.05, 0) is 38.5 Å². The Kier molecular flexibility index (Phi) is 36.9. The summed E-state index contributed by atoms with van der Waals surface area (Å²) in [5, 5.41) is 23.1. The second-order valence-electron chi connectivity index (χ2n) is 14.1. The molecule has 0 fully saturated rings. The number of aliphatic hydroxyl groups excluding tert-OH is 2. The topological polar surface area (TPSA) is 69.6 Å². The second kappa shape index (κ2) is 37.6. The van der Waals surface area contributed by atoms with Crippen LogP contribution in [-0.2, 0) is 4.79 Å². The molecule has 2 atom stereocenters. The molecule has 0 saturated heterocycles. The molecule has 268 valence electrons. The molecule has 0 saturated carbocycles. The van der Waals surface area contributed by atoms with Crippen molar-refractivity contribution in [3.8, 4) is 0 Å². The number of carbonyl (C=O) groups is 1. The van der Waals surface area contributed by atoms with E-state index in [-0.39, 0.29) is 12.5 Å². The van der Waals surface area contributed by atoms with E-state index in [1.165, 1.54) is 173 Å². The fourth-order valence-electron chi connectivity index (χ4n) is 6.36. The number of hydrogen-bond acceptors (Lipinski definition) is 3. The van der Waals surface area contributed by atoms with Crippen molar-refractivity contribution in [1.82, 2.24) is 5.32 Å². The van der Waals surface area contributed by atoms with Crippen LogP contribution in [0.5, 0.6) is 0 Å². The summed E-state index contributed by atoms with van der Waals surface area (Å²) in [4.78, 5) is 12.4. The maximum absolute atomic E-state index is 12.4. The largest absolute Gasteiger partial charge is 0.394 e. The van der Waals surface area contributed by atoms with Crippen molar-refractivity contribution in [3.05, 3.63) is 12.2 Å². The van der Waals surface area contributed by atoms with Gasteiger partial charge >= 0.3 is 0 Å². The number of nitrogens with one attached hydrogen (secondary N) is 1. The Morgan fingerprint density at radius 1 is 0.511 bits per heavy atom. The zero-order valence-electron chi connectivity index (χ0n) is 30.7. The van der Waals surface area contributed by atoms with Crippen molar-refractivity contribution in [2.24, 2.45) is 0 Å². The van der Waals surface area contributed by atoms with E-state index < -0.39 is 12.1 Å². The fraction of sp³-hybridized carbons (Fsp3) is 0.927. The molecule has 0 aromatic heterocycles. The second-order valence-corrected chi connectivity index (χ2v) is 14.1. The highest BCUT2D eigenvalue weighted by atomic mass is 16.3. The quantitative estimate of drug-likeness (QED) is 0.0470. The molecule has 0 aliphatic heterocycles. The highest BCUT2D eigenvalue weighted by Crippen LogP contribution is 2.15. The van der Waals surface area contributed by atoms with Crippen molar-refractivity contribution in [2.75, 3.05) is 6.61 Å².